The zero-order chi connectivity index (χ0) is 20.9. The first-order valence-electron chi connectivity index (χ1n) is 10.5. The minimum atomic E-state index is -0.223. The van der Waals surface area contributed by atoms with Gasteiger partial charge in [0, 0.05) is 25.3 Å². The molecular weight excluding hydrogens is 400 g/mol. The molecule has 158 valence electrons. The molecule has 1 saturated heterocycles. The number of nitrogens with zero attached hydrogens (tertiary/aromatic N) is 3. The molecule has 0 spiro atoms. The zero-order valence-corrected chi connectivity index (χ0v) is 18.0. The van der Waals surface area contributed by atoms with Crippen LogP contribution in [0.2, 0.25) is 5.02 Å². The molecule has 3 aromatic rings. The Morgan fingerprint density at radius 2 is 2.00 bits per heavy atom. The Balaban J connectivity index is 1.59. The lowest BCUT2D eigenvalue weighted by Crippen LogP contribution is -2.36. The number of benzene rings is 2. The smallest absolute Gasteiger partial charge is 0.257 e. The summed E-state index contributed by atoms with van der Waals surface area (Å²) in [6, 6.07) is 13.0. The van der Waals surface area contributed by atoms with Crippen molar-refractivity contribution in [3.63, 3.8) is 0 Å². The van der Waals surface area contributed by atoms with Crippen LogP contribution in [-0.2, 0) is 17.8 Å². The first kappa shape index (κ1) is 20.8. The number of amides is 1. The Morgan fingerprint density at radius 1 is 1.20 bits per heavy atom. The number of carbonyl (C=O) groups excluding carboxylic acids is 1. The molecule has 2 heterocycles. The van der Waals surface area contributed by atoms with Crippen molar-refractivity contribution in [2.45, 2.75) is 32.9 Å². The number of rotatable bonds is 7. The van der Waals surface area contributed by atoms with Gasteiger partial charge in [0.05, 0.1) is 41.4 Å². The summed E-state index contributed by atoms with van der Waals surface area (Å²) >= 11 is 6.16. The number of nitrogens with one attached hydrogen (secondary N) is 1. The van der Waals surface area contributed by atoms with E-state index < -0.39 is 0 Å². The van der Waals surface area contributed by atoms with E-state index in [4.69, 9.17) is 21.3 Å². The van der Waals surface area contributed by atoms with Gasteiger partial charge in [-0.1, -0.05) is 37.1 Å². The van der Waals surface area contributed by atoms with Crippen LogP contribution in [0.25, 0.3) is 11.0 Å². The number of fused-ring (bicyclic) bond motifs is 1. The molecule has 1 aliphatic rings. The molecule has 2 aromatic carbocycles. The van der Waals surface area contributed by atoms with Crippen LogP contribution in [0.1, 0.15) is 35.9 Å². The van der Waals surface area contributed by atoms with E-state index in [2.05, 4.69) is 21.7 Å². The second-order valence-corrected chi connectivity index (χ2v) is 7.97. The average Bonchev–Trinajstić information content (AvgIpc) is 3.09. The summed E-state index contributed by atoms with van der Waals surface area (Å²) in [6.07, 6.45) is 2.23. The molecule has 0 atom stereocenters. The second kappa shape index (κ2) is 9.60. The number of morpholine rings is 1. The van der Waals surface area contributed by atoms with Crippen molar-refractivity contribution in [1.82, 2.24) is 14.5 Å². The van der Waals surface area contributed by atoms with Gasteiger partial charge in [0.2, 0.25) is 0 Å². The number of hydrogen-bond donors (Lipinski definition) is 1. The van der Waals surface area contributed by atoms with Crippen molar-refractivity contribution >= 4 is 34.2 Å². The number of unbranched alkanes of at least 4 members (excludes halogenated alkanes) is 1. The average molecular weight is 427 g/mol. The second-order valence-electron chi connectivity index (χ2n) is 7.56. The number of imidazole rings is 1. The first-order valence-corrected chi connectivity index (χ1v) is 10.9. The van der Waals surface area contributed by atoms with Crippen LogP contribution in [-0.4, -0.2) is 46.7 Å². The van der Waals surface area contributed by atoms with E-state index in [9.17, 15) is 4.79 Å². The summed E-state index contributed by atoms with van der Waals surface area (Å²) in [6.45, 7) is 7.34. The number of aryl methyl sites for hydroxylation is 1. The summed E-state index contributed by atoms with van der Waals surface area (Å²) in [7, 11) is 0. The molecule has 1 amide bonds. The third-order valence-corrected chi connectivity index (χ3v) is 5.74. The zero-order valence-electron chi connectivity index (χ0n) is 17.2. The lowest BCUT2D eigenvalue weighted by atomic mass is 10.2. The third-order valence-electron chi connectivity index (χ3n) is 5.41. The molecule has 0 radical (unpaired) electrons. The van der Waals surface area contributed by atoms with E-state index in [-0.39, 0.29) is 5.91 Å². The van der Waals surface area contributed by atoms with Gasteiger partial charge in [0.1, 0.15) is 5.82 Å². The molecule has 1 aromatic heterocycles. The Bertz CT molecular complexity index is 1030. The van der Waals surface area contributed by atoms with Gasteiger partial charge in [0.25, 0.3) is 5.91 Å². The topological polar surface area (TPSA) is 59.4 Å². The monoisotopic (exact) mass is 426 g/mol. The van der Waals surface area contributed by atoms with Crippen molar-refractivity contribution in [1.29, 1.82) is 0 Å². The van der Waals surface area contributed by atoms with E-state index >= 15 is 0 Å². The van der Waals surface area contributed by atoms with Gasteiger partial charge < -0.3 is 14.6 Å². The summed E-state index contributed by atoms with van der Waals surface area (Å²) in [5, 5.41) is 3.38. The SMILES string of the molecule is CCCCn1c(CN2CCOCC2)nc2cc(NC(=O)c3ccccc3Cl)ccc21. The van der Waals surface area contributed by atoms with Crippen LogP contribution in [0, 0.1) is 0 Å². The third kappa shape index (κ3) is 4.67. The van der Waals surface area contributed by atoms with Gasteiger partial charge in [-0.05, 0) is 36.8 Å². The number of ether oxygens (including phenoxy) is 1. The van der Waals surface area contributed by atoms with Gasteiger partial charge in [0.15, 0.2) is 0 Å². The molecule has 6 nitrogen and oxygen atoms in total. The number of aromatic nitrogens is 2. The van der Waals surface area contributed by atoms with Crippen molar-refractivity contribution in [3.05, 3.63) is 58.9 Å². The van der Waals surface area contributed by atoms with E-state index in [1.807, 2.05) is 24.3 Å². The molecule has 4 rings (SSSR count). The lowest BCUT2D eigenvalue weighted by molar-refractivity contribution is 0.0326. The molecule has 0 bridgehead atoms. The molecule has 1 aliphatic heterocycles. The summed E-state index contributed by atoms with van der Waals surface area (Å²) in [4.78, 5) is 19.9. The van der Waals surface area contributed by atoms with Gasteiger partial charge in [-0.15, -0.1) is 0 Å². The lowest BCUT2D eigenvalue weighted by Gasteiger charge is -2.26. The highest BCUT2D eigenvalue weighted by molar-refractivity contribution is 6.34. The number of anilines is 1. The molecule has 1 fully saturated rings. The largest absolute Gasteiger partial charge is 0.379 e. The van der Waals surface area contributed by atoms with Crippen LogP contribution in [0.4, 0.5) is 5.69 Å². The fourth-order valence-electron chi connectivity index (χ4n) is 3.75. The molecule has 1 N–H and O–H groups in total. The van der Waals surface area contributed by atoms with Crippen LogP contribution in [0.5, 0.6) is 0 Å². The van der Waals surface area contributed by atoms with E-state index in [1.54, 1.807) is 18.2 Å². The van der Waals surface area contributed by atoms with Crippen LogP contribution in [0.15, 0.2) is 42.5 Å². The fourth-order valence-corrected chi connectivity index (χ4v) is 3.97. The Kier molecular flexibility index (Phi) is 6.67. The maximum atomic E-state index is 12.6. The molecule has 7 heteroatoms. The molecule has 0 aliphatic carbocycles. The van der Waals surface area contributed by atoms with Crippen molar-refractivity contribution in [2.24, 2.45) is 0 Å². The van der Waals surface area contributed by atoms with Gasteiger partial charge in [-0.25, -0.2) is 4.98 Å². The predicted octanol–water partition coefficient (Wildman–Crippen LogP) is 4.57. The minimum Gasteiger partial charge on any atom is -0.379 e. The fraction of sp³-hybridized carbons (Fsp3) is 0.391. The standard InChI is InChI=1S/C23H27ClN4O2/c1-2-3-10-28-21-9-8-17(25-23(29)18-6-4-5-7-19(18)24)15-20(21)26-22(28)16-27-11-13-30-14-12-27/h4-9,15H,2-3,10-14,16H2,1H3,(H,25,29). The number of carbonyl (C=O) groups is 1. The summed E-state index contributed by atoms with van der Waals surface area (Å²) < 4.78 is 7.78. The van der Waals surface area contributed by atoms with Gasteiger partial charge >= 0.3 is 0 Å². The first-order chi connectivity index (χ1) is 14.7. The van der Waals surface area contributed by atoms with Crippen LogP contribution < -0.4 is 5.32 Å². The molecule has 0 saturated carbocycles. The molecule has 30 heavy (non-hydrogen) atoms. The summed E-state index contributed by atoms with van der Waals surface area (Å²) in [5.74, 6) is 0.842. The van der Waals surface area contributed by atoms with Crippen LogP contribution >= 0.6 is 11.6 Å². The van der Waals surface area contributed by atoms with Crippen molar-refractivity contribution in [2.75, 3.05) is 31.6 Å². The highest BCUT2D eigenvalue weighted by atomic mass is 35.5. The van der Waals surface area contributed by atoms with E-state index in [0.717, 1.165) is 69.1 Å². The molecule has 0 unspecified atom stereocenters. The predicted molar refractivity (Wildman–Crippen MR) is 120 cm³/mol. The van der Waals surface area contributed by atoms with Gasteiger partial charge in [-0.3, -0.25) is 9.69 Å². The maximum Gasteiger partial charge on any atom is 0.257 e. The number of halogens is 1. The maximum absolute atomic E-state index is 12.6. The van der Waals surface area contributed by atoms with Gasteiger partial charge in [-0.2, -0.15) is 0 Å². The number of hydrogen-bond acceptors (Lipinski definition) is 4. The van der Waals surface area contributed by atoms with Crippen molar-refractivity contribution in [3.8, 4) is 0 Å². The van der Waals surface area contributed by atoms with E-state index in [1.165, 1.54) is 0 Å². The normalized spacial score (nSPS) is 14.9. The Morgan fingerprint density at radius 3 is 2.77 bits per heavy atom. The quantitative estimate of drug-likeness (QED) is 0.601. The molecular formula is C23H27ClN4O2. The minimum absolute atomic E-state index is 0.223. The summed E-state index contributed by atoms with van der Waals surface area (Å²) in [5.41, 5.74) is 3.17. The van der Waals surface area contributed by atoms with E-state index in [0.29, 0.717) is 16.3 Å². The highest BCUT2D eigenvalue weighted by Crippen LogP contribution is 2.24. The Labute approximate surface area is 181 Å². The van der Waals surface area contributed by atoms with Crippen LogP contribution in [0.3, 0.4) is 0 Å². The van der Waals surface area contributed by atoms with Crippen molar-refractivity contribution < 1.29 is 9.53 Å². The highest BCUT2D eigenvalue weighted by Gasteiger charge is 2.17. The Hall–Kier alpha value is -2.41.